The van der Waals surface area contributed by atoms with Gasteiger partial charge in [-0.25, -0.2) is 0 Å². The van der Waals surface area contributed by atoms with Gasteiger partial charge in [-0.05, 0) is 38.1 Å². The second-order valence-corrected chi connectivity index (χ2v) is 5.40. The number of hydrogen-bond acceptors (Lipinski definition) is 3. The number of benzene rings is 2. The topological polar surface area (TPSA) is 47.6 Å². The lowest BCUT2D eigenvalue weighted by atomic mass is 10.2. The van der Waals surface area contributed by atoms with Crippen molar-refractivity contribution >= 4 is 34.8 Å². The Morgan fingerprint density at radius 2 is 1.65 bits per heavy atom. The third kappa shape index (κ3) is 4.30. The van der Waals surface area contributed by atoms with E-state index in [0.717, 1.165) is 0 Å². The number of halogens is 2. The van der Waals surface area contributed by atoms with Crippen molar-refractivity contribution in [3.8, 4) is 11.5 Å². The van der Waals surface area contributed by atoms with E-state index in [-0.39, 0.29) is 5.91 Å². The van der Waals surface area contributed by atoms with Gasteiger partial charge < -0.3 is 14.8 Å². The van der Waals surface area contributed by atoms with Gasteiger partial charge in [0.2, 0.25) is 0 Å². The molecule has 6 heteroatoms. The van der Waals surface area contributed by atoms with E-state index < -0.39 is 0 Å². The predicted octanol–water partition coefficient (Wildman–Crippen LogP) is 5.04. The summed E-state index contributed by atoms with van der Waals surface area (Å²) in [6.45, 7) is 4.66. The van der Waals surface area contributed by atoms with Gasteiger partial charge in [-0.2, -0.15) is 0 Å². The van der Waals surface area contributed by atoms with E-state index >= 15 is 0 Å². The number of ether oxygens (including phenoxy) is 2. The first-order valence-corrected chi connectivity index (χ1v) is 7.97. The van der Waals surface area contributed by atoms with E-state index in [1.807, 2.05) is 26.0 Å². The van der Waals surface area contributed by atoms with Crippen molar-refractivity contribution in [3.05, 3.63) is 52.0 Å². The standard InChI is InChI=1S/C17H17Cl2NO3/c1-3-22-15-8-6-5-7-14(15)20-17(21)11-9-12(18)16(23-4-2)13(19)10-11/h5-10H,3-4H2,1-2H3,(H,20,21). The first-order chi connectivity index (χ1) is 11.1. The van der Waals surface area contributed by atoms with Gasteiger partial charge in [-0.15, -0.1) is 0 Å². The van der Waals surface area contributed by atoms with Crippen molar-refractivity contribution in [2.45, 2.75) is 13.8 Å². The van der Waals surface area contributed by atoms with Gasteiger partial charge in [-0.3, -0.25) is 4.79 Å². The average Bonchev–Trinajstić information content (AvgIpc) is 2.52. The highest BCUT2D eigenvalue weighted by molar-refractivity contribution is 6.37. The molecule has 2 aromatic rings. The molecule has 23 heavy (non-hydrogen) atoms. The van der Waals surface area contributed by atoms with Crippen molar-refractivity contribution in [2.75, 3.05) is 18.5 Å². The van der Waals surface area contributed by atoms with Crippen LogP contribution in [0.3, 0.4) is 0 Å². The van der Waals surface area contributed by atoms with Crippen molar-refractivity contribution in [1.29, 1.82) is 0 Å². The second-order valence-electron chi connectivity index (χ2n) is 4.59. The molecule has 0 heterocycles. The van der Waals surface area contributed by atoms with Crippen molar-refractivity contribution < 1.29 is 14.3 Å². The van der Waals surface area contributed by atoms with Crippen molar-refractivity contribution in [1.82, 2.24) is 0 Å². The minimum atomic E-state index is -0.330. The SMILES string of the molecule is CCOc1ccccc1NC(=O)c1cc(Cl)c(OCC)c(Cl)c1. The Morgan fingerprint density at radius 1 is 1.04 bits per heavy atom. The molecule has 0 fully saturated rings. The minimum Gasteiger partial charge on any atom is -0.492 e. The van der Waals surface area contributed by atoms with Gasteiger partial charge in [0.05, 0.1) is 28.9 Å². The molecule has 4 nitrogen and oxygen atoms in total. The van der Waals surface area contributed by atoms with Crippen LogP contribution in [0.2, 0.25) is 10.0 Å². The van der Waals surface area contributed by atoms with Crippen LogP contribution in [0.25, 0.3) is 0 Å². The number of carbonyl (C=O) groups is 1. The van der Waals surface area contributed by atoms with E-state index in [2.05, 4.69) is 5.32 Å². The molecule has 0 bridgehead atoms. The fourth-order valence-corrected chi connectivity index (χ4v) is 2.62. The normalized spacial score (nSPS) is 10.3. The lowest BCUT2D eigenvalue weighted by Gasteiger charge is -2.13. The molecule has 2 aromatic carbocycles. The molecule has 0 aliphatic heterocycles. The van der Waals surface area contributed by atoms with Gasteiger partial charge in [0, 0.05) is 5.56 Å². The molecule has 122 valence electrons. The van der Waals surface area contributed by atoms with E-state index in [1.165, 1.54) is 12.1 Å². The second kappa shape index (κ2) is 8.09. The number of nitrogens with one attached hydrogen (secondary N) is 1. The van der Waals surface area contributed by atoms with E-state index in [4.69, 9.17) is 32.7 Å². The quantitative estimate of drug-likeness (QED) is 0.790. The monoisotopic (exact) mass is 353 g/mol. The van der Waals surface area contributed by atoms with Crippen LogP contribution in [0.1, 0.15) is 24.2 Å². The first kappa shape index (κ1) is 17.4. The van der Waals surface area contributed by atoms with Crippen LogP contribution >= 0.6 is 23.2 Å². The molecule has 0 saturated carbocycles. The van der Waals surface area contributed by atoms with Crippen LogP contribution in [0.5, 0.6) is 11.5 Å². The van der Waals surface area contributed by atoms with E-state index in [0.29, 0.717) is 46.0 Å². The Labute approximate surface area is 145 Å². The highest BCUT2D eigenvalue weighted by Gasteiger charge is 2.15. The van der Waals surface area contributed by atoms with Crippen LogP contribution in [0.4, 0.5) is 5.69 Å². The molecule has 0 aliphatic rings. The zero-order valence-corrected chi connectivity index (χ0v) is 14.4. The molecule has 0 atom stereocenters. The Bertz CT molecular complexity index is 681. The first-order valence-electron chi connectivity index (χ1n) is 7.21. The Balaban J connectivity index is 2.25. The number of rotatable bonds is 6. The Hall–Kier alpha value is -1.91. The van der Waals surface area contributed by atoms with Gasteiger partial charge in [0.25, 0.3) is 5.91 Å². The summed E-state index contributed by atoms with van der Waals surface area (Å²) in [5.74, 6) is 0.651. The van der Waals surface area contributed by atoms with Gasteiger partial charge in [-0.1, -0.05) is 35.3 Å². The van der Waals surface area contributed by atoms with Crippen LogP contribution in [0, 0.1) is 0 Å². The molecule has 0 saturated heterocycles. The average molecular weight is 354 g/mol. The van der Waals surface area contributed by atoms with Crippen LogP contribution in [-0.2, 0) is 0 Å². The molecule has 0 aromatic heterocycles. The number of carbonyl (C=O) groups excluding carboxylic acids is 1. The lowest BCUT2D eigenvalue weighted by molar-refractivity contribution is 0.102. The van der Waals surface area contributed by atoms with Gasteiger partial charge in [0.1, 0.15) is 5.75 Å². The molecule has 0 spiro atoms. The smallest absolute Gasteiger partial charge is 0.255 e. The lowest BCUT2D eigenvalue weighted by Crippen LogP contribution is -2.13. The largest absolute Gasteiger partial charge is 0.492 e. The molecule has 0 unspecified atom stereocenters. The van der Waals surface area contributed by atoms with Crippen LogP contribution in [0.15, 0.2) is 36.4 Å². The molecule has 1 amide bonds. The molecule has 2 rings (SSSR count). The number of para-hydroxylation sites is 2. The summed E-state index contributed by atoms with van der Waals surface area (Å²) in [4.78, 5) is 12.4. The maximum atomic E-state index is 12.4. The zero-order chi connectivity index (χ0) is 16.8. The molecular weight excluding hydrogens is 337 g/mol. The number of anilines is 1. The number of hydrogen-bond donors (Lipinski definition) is 1. The highest BCUT2D eigenvalue weighted by atomic mass is 35.5. The third-order valence-electron chi connectivity index (χ3n) is 2.98. The fourth-order valence-electron chi connectivity index (χ4n) is 2.02. The third-order valence-corrected chi connectivity index (χ3v) is 3.55. The maximum absolute atomic E-state index is 12.4. The van der Waals surface area contributed by atoms with Crippen LogP contribution < -0.4 is 14.8 Å². The van der Waals surface area contributed by atoms with Crippen molar-refractivity contribution in [3.63, 3.8) is 0 Å². The summed E-state index contributed by atoms with van der Waals surface area (Å²) in [5, 5.41) is 3.38. The minimum absolute atomic E-state index is 0.294. The maximum Gasteiger partial charge on any atom is 0.255 e. The Morgan fingerprint density at radius 3 is 2.26 bits per heavy atom. The van der Waals surface area contributed by atoms with E-state index in [1.54, 1.807) is 12.1 Å². The highest BCUT2D eigenvalue weighted by Crippen LogP contribution is 2.34. The van der Waals surface area contributed by atoms with Gasteiger partial charge in [0.15, 0.2) is 5.75 Å². The van der Waals surface area contributed by atoms with Gasteiger partial charge >= 0.3 is 0 Å². The predicted molar refractivity (Wildman–Crippen MR) is 93.2 cm³/mol. The fraction of sp³-hybridized carbons (Fsp3) is 0.235. The van der Waals surface area contributed by atoms with E-state index in [9.17, 15) is 4.79 Å². The summed E-state index contributed by atoms with van der Waals surface area (Å²) in [7, 11) is 0. The Kier molecular flexibility index (Phi) is 6.13. The van der Waals surface area contributed by atoms with Crippen molar-refractivity contribution in [2.24, 2.45) is 0 Å². The zero-order valence-electron chi connectivity index (χ0n) is 12.9. The molecule has 0 aliphatic carbocycles. The number of amides is 1. The molecule has 1 N–H and O–H groups in total. The summed E-state index contributed by atoms with van der Waals surface area (Å²) < 4.78 is 10.8. The summed E-state index contributed by atoms with van der Waals surface area (Å²) in [5.41, 5.74) is 0.926. The summed E-state index contributed by atoms with van der Waals surface area (Å²) >= 11 is 12.3. The van der Waals surface area contributed by atoms with Crippen LogP contribution in [-0.4, -0.2) is 19.1 Å². The summed E-state index contributed by atoms with van der Waals surface area (Å²) in [6, 6.07) is 10.3. The molecular formula is C17H17Cl2NO3. The molecule has 0 radical (unpaired) electrons. The summed E-state index contributed by atoms with van der Waals surface area (Å²) in [6.07, 6.45) is 0.